The number of aliphatic hydroxyl groups excluding tert-OH is 1. The maximum Gasteiger partial charge on any atom is 0.0620 e. The number of rotatable bonds is 5. The van der Waals surface area contributed by atoms with E-state index in [1.54, 1.807) is 0 Å². The van der Waals surface area contributed by atoms with E-state index in [4.69, 9.17) is 5.41 Å². The molecule has 0 radical (unpaired) electrons. The molecule has 2 heteroatoms. The van der Waals surface area contributed by atoms with E-state index in [1.165, 1.54) is 64.2 Å². The molecule has 0 aromatic rings. The summed E-state index contributed by atoms with van der Waals surface area (Å²) in [5, 5.41) is 18.9. The van der Waals surface area contributed by atoms with Gasteiger partial charge in [-0.3, -0.25) is 0 Å². The van der Waals surface area contributed by atoms with Crippen LogP contribution in [0, 0.1) is 46.8 Å². The molecule has 0 aromatic heterocycles. The zero-order valence-electron chi connectivity index (χ0n) is 16.8. The second-order valence-electron chi connectivity index (χ2n) is 9.97. The fraction of sp³-hybridized carbons (Fsp3) is 0.957. The predicted molar refractivity (Wildman–Crippen MR) is 106 cm³/mol. The molecule has 0 aliphatic heterocycles. The third-order valence-electron chi connectivity index (χ3n) is 8.16. The molecule has 3 saturated carbocycles. The molecule has 7 unspecified atom stereocenters. The molecule has 3 fully saturated rings. The van der Waals surface area contributed by atoms with Crippen LogP contribution >= 0.6 is 0 Å². The summed E-state index contributed by atoms with van der Waals surface area (Å²) in [4.78, 5) is 0. The molecule has 0 heterocycles. The molecule has 0 bridgehead atoms. The number of nitrogens with one attached hydrogen (secondary N) is 1. The minimum atomic E-state index is -0.281. The maximum atomic E-state index is 10.8. The van der Waals surface area contributed by atoms with Gasteiger partial charge in [0.2, 0.25) is 0 Å². The van der Waals surface area contributed by atoms with Gasteiger partial charge in [-0.1, -0.05) is 52.9 Å². The van der Waals surface area contributed by atoms with E-state index in [0.29, 0.717) is 12.3 Å². The lowest BCUT2D eigenvalue weighted by Crippen LogP contribution is -2.37. The highest BCUT2D eigenvalue weighted by Crippen LogP contribution is 2.53. The summed E-state index contributed by atoms with van der Waals surface area (Å²) in [6.45, 7) is 6.63. The average Bonchev–Trinajstić information content (AvgIpc) is 2.83. The van der Waals surface area contributed by atoms with E-state index in [2.05, 4.69) is 20.8 Å². The van der Waals surface area contributed by atoms with E-state index < -0.39 is 0 Å². The Kier molecular flexibility index (Phi) is 6.63. The van der Waals surface area contributed by atoms with Crippen molar-refractivity contribution in [3.05, 3.63) is 0 Å². The lowest BCUT2D eigenvalue weighted by Gasteiger charge is -2.42. The zero-order chi connectivity index (χ0) is 18.0. The first-order chi connectivity index (χ1) is 12.0. The molecule has 25 heavy (non-hydrogen) atoms. The first-order valence-electron chi connectivity index (χ1n) is 11.2. The molecule has 3 aliphatic rings. The first kappa shape index (κ1) is 19.4. The van der Waals surface area contributed by atoms with Crippen molar-refractivity contribution in [2.75, 3.05) is 0 Å². The van der Waals surface area contributed by atoms with Crippen LogP contribution in [0.1, 0.15) is 91.4 Å². The normalized spacial score (nSPS) is 40.5. The van der Waals surface area contributed by atoms with Gasteiger partial charge in [0.1, 0.15) is 0 Å². The van der Waals surface area contributed by atoms with Crippen LogP contribution in [-0.2, 0) is 0 Å². The van der Waals surface area contributed by atoms with E-state index >= 15 is 0 Å². The lowest BCUT2D eigenvalue weighted by molar-refractivity contribution is 0.0276. The summed E-state index contributed by atoms with van der Waals surface area (Å²) in [6, 6.07) is 0. The SMILES string of the molecule is CC(C)C(=N)CC(O)C1CCC(C)C(C2CCC3CCCCCC32)C1. The van der Waals surface area contributed by atoms with Crippen molar-refractivity contribution >= 4 is 5.71 Å². The fourth-order valence-corrected chi connectivity index (χ4v) is 6.45. The number of fused-ring (bicyclic) bond motifs is 1. The van der Waals surface area contributed by atoms with E-state index in [0.717, 1.165) is 35.3 Å². The molecule has 2 nitrogen and oxygen atoms in total. The molecule has 7 atom stereocenters. The predicted octanol–water partition coefficient (Wildman–Crippen LogP) is 6.07. The maximum absolute atomic E-state index is 10.8. The van der Waals surface area contributed by atoms with Gasteiger partial charge in [0.05, 0.1) is 6.10 Å². The highest BCUT2D eigenvalue weighted by atomic mass is 16.3. The summed E-state index contributed by atoms with van der Waals surface area (Å²) in [6.07, 6.45) is 14.3. The Morgan fingerprint density at radius 1 is 0.920 bits per heavy atom. The summed E-state index contributed by atoms with van der Waals surface area (Å²) >= 11 is 0. The van der Waals surface area contributed by atoms with Gasteiger partial charge >= 0.3 is 0 Å². The molecule has 3 aliphatic carbocycles. The van der Waals surface area contributed by atoms with Gasteiger partial charge < -0.3 is 10.5 Å². The van der Waals surface area contributed by atoms with Crippen molar-refractivity contribution in [3.8, 4) is 0 Å². The fourth-order valence-electron chi connectivity index (χ4n) is 6.45. The van der Waals surface area contributed by atoms with Gasteiger partial charge in [0.25, 0.3) is 0 Å². The minimum absolute atomic E-state index is 0.273. The Hall–Kier alpha value is -0.370. The Morgan fingerprint density at radius 3 is 2.44 bits per heavy atom. The monoisotopic (exact) mass is 347 g/mol. The summed E-state index contributed by atoms with van der Waals surface area (Å²) < 4.78 is 0. The van der Waals surface area contributed by atoms with Gasteiger partial charge in [-0.25, -0.2) is 0 Å². The Labute approximate surface area is 155 Å². The molecular formula is C23H41NO. The van der Waals surface area contributed by atoms with Crippen molar-refractivity contribution in [2.24, 2.45) is 41.4 Å². The van der Waals surface area contributed by atoms with E-state index in [1.807, 2.05) is 0 Å². The van der Waals surface area contributed by atoms with Gasteiger partial charge in [-0.2, -0.15) is 0 Å². The first-order valence-corrected chi connectivity index (χ1v) is 11.2. The highest BCUT2D eigenvalue weighted by Gasteiger charge is 2.44. The van der Waals surface area contributed by atoms with Crippen molar-refractivity contribution in [1.82, 2.24) is 0 Å². The van der Waals surface area contributed by atoms with Crippen LogP contribution < -0.4 is 0 Å². The standard InChI is InChI=1S/C23H41NO/c1-15(2)22(24)14-23(25)18-10-9-16(3)21(13-18)20-12-11-17-7-5-4-6-8-19(17)20/h15-21,23-25H,4-14H2,1-3H3. The number of aliphatic hydroxyl groups is 1. The summed E-state index contributed by atoms with van der Waals surface area (Å²) in [5.41, 5.74) is 0.729. The third kappa shape index (κ3) is 4.49. The van der Waals surface area contributed by atoms with E-state index in [-0.39, 0.29) is 12.0 Å². The van der Waals surface area contributed by atoms with Gasteiger partial charge in [-0.15, -0.1) is 0 Å². The Morgan fingerprint density at radius 2 is 1.68 bits per heavy atom. The zero-order valence-corrected chi connectivity index (χ0v) is 16.8. The van der Waals surface area contributed by atoms with Crippen molar-refractivity contribution < 1.29 is 5.11 Å². The molecule has 0 spiro atoms. The topological polar surface area (TPSA) is 44.1 Å². The third-order valence-corrected chi connectivity index (χ3v) is 8.16. The van der Waals surface area contributed by atoms with Crippen molar-refractivity contribution in [3.63, 3.8) is 0 Å². The quantitative estimate of drug-likeness (QED) is 0.582. The van der Waals surface area contributed by atoms with E-state index in [9.17, 15) is 5.11 Å². The Balaban J connectivity index is 1.63. The smallest absolute Gasteiger partial charge is 0.0620 e. The van der Waals surface area contributed by atoms with Crippen molar-refractivity contribution in [2.45, 2.75) is 97.5 Å². The molecular weight excluding hydrogens is 306 g/mol. The Bertz CT molecular complexity index is 445. The molecule has 0 amide bonds. The van der Waals surface area contributed by atoms with Crippen LogP contribution in [0.15, 0.2) is 0 Å². The highest BCUT2D eigenvalue weighted by molar-refractivity contribution is 5.83. The van der Waals surface area contributed by atoms with Crippen LogP contribution in [0.3, 0.4) is 0 Å². The van der Waals surface area contributed by atoms with Crippen molar-refractivity contribution in [1.29, 1.82) is 5.41 Å². The van der Waals surface area contributed by atoms with Crippen LogP contribution in [0.4, 0.5) is 0 Å². The summed E-state index contributed by atoms with van der Waals surface area (Å²) in [5.74, 6) is 5.30. The number of hydrogen-bond acceptors (Lipinski definition) is 2. The largest absolute Gasteiger partial charge is 0.392 e. The van der Waals surface area contributed by atoms with Crippen LogP contribution in [-0.4, -0.2) is 16.9 Å². The molecule has 3 rings (SSSR count). The minimum Gasteiger partial charge on any atom is -0.392 e. The second-order valence-corrected chi connectivity index (χ2v) is 9.97. The second kappa shape index (κ2) is 8.55. The molecule has 2 N–H and O–H groups in total. The average molecular weight is 348 g/mol. The van der Waals surface area contributed by atoms with Gasteiger partial charge in [-0.05, 0) is 73.5 Å². The molecule has 0 saturated heterocycles. The molecule has 144 valence electrons. The van der Waals surface area contributed by atoms with Crippen LogP contribution in [0.25, 0.3) is 0 Å². The van der Waals surface area contributed by atoms with Crippen LogP contribution in [0.2, 0.25) is 0 Å². The number of hydrogen-bond donors (Lipinski definition) is 2. The lowest BCUT2D eigenvalue weighted by atomic mass is 9.64. The van der Waals surface area contributed by atoms with Crippen LogP contribution in [0.5, 0.6) is 0 Å². The van der Waals surface area contributed by atoms with Gasteiger partial charge in [0, 0.05) is 12.1 Å². The summed E-state index contributed by atoms with van der Waals surface area (Å²) in [7, 11) is 0. The molecule has 0 aromatic carbocycles. The van der Waals surface area contributed by atoms with Gasteiger partial charge in [0.15, 0.2) is 0 Å².